The molecule has 0 aliphatic heterocycles. The summed E-state index contributed by atoms with van der Waals surface area (Å²) in [6.45, 7) is 4.43. The summed E-state index contributed by atoms with van der Waals surface area (Å²) in [6.07, 6.45) is 22.5. The first-order valence-electron chi connectivity index (χ1n) is 10.4. The van der Waals surface area contributed by atoms with Gasteiger partial charge in [0, 0.05) is 6.54 Å². The molecule has 0 aromatic heterocycles. The van der Waals surface area contributed by atoms with Gasteiger partial charge in [-0.3, -0.25) is 0 Å². The molecule has 150 valence electrons. The molecule has 5 heteroatoms. The third-order valence-electron chi connectivity index (χ3n) is 4.33. The van der Waals surface area contributed by atoms with Crippen LogP contribution in [0.4, 0.5) is 0 Å². The molecule has 0 unspecified atom stereocenters. The van der Waals surface area contributed by atoms with Gasteiger partial charge in [-0.05, 0) is 39.0 Å². The molecule has 25 heavy (non-hydrogen) atoms. The number of hydroxylamine groups is 1. The molecule has 0 amide bonds. The SMILES string of the molecule is CCCCCCCC/C=C\CCCCCCCCNOS(=O)(=O)CC. The molecule has 0 bridgehead atoms. The minimum Gasteiger partial charge on any atom is -0.198 e. The highest BCUT2D eigenvalue weighted by Crippen LogP contribution is 2.09. The van der Waals surface area contributed by atoms with E-state index in [4.69, 9.17) is 0 Å². The number of hydrogen-bond donors (Lipinski definition) is 1. The molecule has 0 saturated heterocycles. The number of hydrogen-bond acceptors (Lipinski definition) is 4. The second-order valence-corrected chi connectivity index (χ2v) is 8.62. The first kappa shape index (κ1) is 24.6. The van der Waals surface area contributed by atoms with Crippen LogP contribution in [0.5, 0.6) is 0 Å². The van der Waals surface area contributed by atoms with Crippen LogP contribution in [0.2, 0.25) is 0 Å². The molecular formula is C20H41NO3S. The summed E-state index contributed by atoms with van der Waals surface area (Å²) in [5.74, 6) is 0.00735. The highest BCUT2D eigenvalue weighted by molar-refractivity contribution is 7.86. The van der Waals surface area contributed by atoms with E-state index in [0.29, 0.717) is 6.54 Å². The molecule has 0 radical (unpaired) electrons. The van der Waals surface area contributed by atoms with Crippen LogP contribution in [0.15, 0.2) is 12.2 Å². The first-order chi connectivity index (χ1) is 12.1. The Morgan fingerprint density at radius 1 is 0.720 bits per heavy atom. The molecule has 0 spiro atoms. The topological polar surface area (TPSA) is 55.4 Å². The minimum atomic E-state index is -3.36. The second kappa shape index (κ2) is 18.4. The van der Waals surface area contributed by atoms with Crippen LogP contribution in [-0.2, 0) is 14.4 Å². The van der Waals surface area contributed by atoms with Crippen molar-refractivity contribution < 1.29 is 12.7 Å². The highest BCUT2D eigenvalue weighted by Gasteiger charge is 2.05. The lowest BCUT2D eigenvalue weighted by atomic mass is 10.1. The Morgan fingerprint density at radius 3 is 1.72 bits per heavy atom. The molecule has 0 saturated carbocycles. The third-order valence-corrected chi connectivity index (χ3v) is 5.41. The molecule has 0 aliphatic rings. The van der Waals surface area contributed by atoms with Crippen LogP contribution in [0.3, 0.4) is 0 Å². The minimum absolute atomic E-state index is 0.00735. The Balaban J connectivity index is 3.17. The third kappa shape index (κ3) is 19.8. The Morgan fingerprint density at radius 2 is 1.20 bits per heavy atom. The van der Waals surface area contributed by atoms with Gasteiger partial charge in [0.05, 0.1) is 5.75 Å². The maximum absolute atomic E-state index is 11.1. The van der Waals surface area contributed by atoms with Gasteiger partial charge in [-0.15, -0.1) is 0 Å². The molecular weight excluding hydrogens is 334 g/mol. The Kier molecular flexibility index (Phi) is 18.1. The zero-order valence-electron chi connectivity index (χ0n) is 16.6. The lowest BCUT2D eigenvalue weighted by Gasteiger charge is -2.04. The largest absolute Gasteiger partial charge is 0.282 e. The normalized spacial score (nSPS) is 12.2. The molecule has 4 nitrogen and oxygen atoms in total. The van der Waals surface area contributed by atoms with Gasteiger partial charge in [0.1, 0.15) is 0 Å². The first-order valence-corrected chi connectivity index (χ1v) is 12.0. The van der Waals surface area contributed by atoms with Gasteiger partial charge in [-0.1, -0.05) is 76.9 Å². The van der Waals surface area contributed by atoms with Crippen molar-refractivity contribution in [3.8, 4) is 0 Å². The van der Waals surface area contributed by atoms with Crippen molar-refractivity contribution in [1.82, 2.24) is 5.48 Å². The van der Waals surface area contributed by atoms with E-state index in [1.165, 1.54) is 77.0 Å². The van der Waals surface area contributed by atoms with Crippen molar-refractivity contribution in [3.63, 3.8) is 0 Å². The second-order valence-electron chi connectivity index (χ2n) is 6.76. The monoisotopic (exact) mass is 375 g/mol. The summed E-state index contributed by atoms with van der Waals surface area (Å²) in [5.41, 5.74) is 2.53. The van der Waals surface area contributed by atoms with E-state index < -0.39 is 10.1 Å². The molecule has 0 aromatic rings. The molecule has 0 rings (SSSR count). The number of nitrogens with one attached hydrogen (secondary N) is 1. The summed E-state index contributed by atoms with van der Waals surface area (Å²) in [4.78, 5) is 0. The van der Waals surface area contributed by atoms with E-state index in [2.05, 4.69) is 28.8 Å². The summed E-state index contributed by atoms with van der Waals surface area (Å²) in [7, 11) is -3.36. The average Bonchev–Trinajstić information content (AvgIpc) is 2.60. The quantitative estimate of drug-likeness (QED) is 0.174. The standard InChI is InChI=1S/C20H41NO3S/c1-3-5-6-7-8-9-10-11-12-13-14-15-16-17-18-19-20-21-24-25(22,23)4-2/h11-12,21H,3-10,13-20H2,1-2H3/b12-11-. The van der Waals surface area contributed by atoms with Crippen LogP contribution >= 0.6 is 0 Å². The van der Waals surface area contributed by atoms with Crippen LogP contribution in [-0.4, -0.2) is 20.7 Å². The van der Waals surface area contributed by atoms with Crippen molar-refractivity contribution in [2.75, 3.05) is 12.3 Å². The van der Waals surface area contributed by atoms with Gasteiger partial charge in [0.25, 0.3) is 10.1 Å². The lowest BCUT2D eigenvalue weighted by molar-refractivity contribution is 0.202. The maximum Gasteiger partial charge on any atom is 0.282 e. The summed E-state index contributed by atoms with van der Waals surface area (Å²) in [5, 5.41) is 0. The van der Waals surface area contributed by atoms with E-state index >= 15 is 0 Å². The van der Waals surface area contributed by atoms with Crippen LogP contribution in [0.25, 0.3) is 0 Å². The van der Waals surface area contributed by atoms with Gasteiger partial charge in [-0.25, -0.2) is 0 Å². The maximum atomic E-state index is 11.1. The Hall–Kier alpha value is -0.390. The fourth-order valence-corrected chi connectivity index (χ4v) is 3.02. The zero-order valence-corrected chi connectivity index (χ0v) is 17.4. The Labute approximate surface area is 156 Å². The van der Waals surface area contributed by atoms with Gasteiger partial charge in [0.2, 0.25) is 0 Å². The summed E-state index contributed by atoms with van der Waals surface area (Å²) in [6, 6.07) is 0. The van der Waals surface area contributed by atoms with Gasteiger partial charge in [0.15, 0.2) is 0 Å². The number of allylic oxidation sites excluding steroid dienone is 2. The molecule has 0 atom stereocenters. The number of rotatable bonds is 19. The summed E-state index contributed by atoms with van der Waals surface area (Å²) < 4.78 is 26.8. The molecule has 0 heterocycles. The highest BCUT2D eigenvalue weighted by atomic mass is 32.2. The fraction of sp³-hybridized carbons (Fsp3) is 0.900. The van der Waals surface area contributed by atoms with Gasteiger partial charge < -0.3 is 0 Å². The van der Waals surface area contributed by atoms with E-state index in [1.807, 2.05) is 0 Å². The number of unbranched alkanes of at least 4 members (excludes halogenated alkanes) is 12. The fourth-order valence-electron chi connectivity index (χ4n) is 2.64. The zero-order chi connectivity index (χ0) is 18.6. The lowest BCUT2D eigenvalue weighted by Crippen LogP contribution is -2.22. The van der Waals surface area contributed by atoms with Crippen LogP contribution in [0.1, 0.15) is 104 Å². The molecule has 0 aromatic carbocycles. The molecule has 0 fully saturated rings. The predicted octanol–water partition coefficient (Wildman–Crippen LogP) is 5.89. The van der Waals surface area contributed by atoms with Crippen LogP contribution in [0, 0.1) is 0 Å². The van der Waals surface area contributed by atoms with Crippen molar-refractivity contribution in [2.24, 2.45) is 0 Å². The van der Waals surface area contributed by atoms with Crippen LogP contribution < -0.4 is 5.48 Å². The molecule has 0 aliphatic carbocycles. The van der Waals surface area contributed by atoms with E-state index in [9.17, 15) is 8.42 Å². The van der Waals surface area contributed by atoms with Crippen molar-refractivity contribution in [3.05, 3.63) is 12.2 Å². The van der Waals surface area contributed by atoms with Crippen molar-refractivity contribution >= 4 is 10.1 Å². The van der Waals surface area contributed by atoms with E-state index in [0.717, 1.165) is 12.8 Å². The van der Waals surface area contributed by atoms with Crippen molar-refractivity contribution in [2.45, 2.75) is 104 Å². The Bertz CT molecular complexity index is 394. The summed E-state index contributed by atoms with van der Waals surface area (Å²) >= 11 is 0. The smallest absolute Gasteiger partial charge is 0.198 e. The van der Waals surface area contributed by atoms with Crippen molar-refractivity contribution in [1.29, 1.82) is 0 Å². The van der Waals surface area contributed by atoms with Gasteiger partial charge in [-0.2, -0.15) is 18.2 Å². The van der Waals surface area contributed by atoms with E-state index in [1.54, 1.807) is 6.92 Å². The predicted molar refractivity (Wildman–Crippen MR) is 108 cm³/mol. The van der Waals surface area contributed by atoms with Gasteiger partial charge >= 0.3 is 0 Å². The average molecular weight is 376 g/mol. The van der Waals surface area contributed by atoms with E-state index in [-0.39, 0.29) is 5.75 Å². The molecule has 1 N–H and O–H groups in total.